The average molecular weight is 272 g/mol. The fraction of sp³-hybridized carbons (Fsp3) is 0.312. The number of pyridine rings is 1. The molecule has 0 aliphatic rings. The zero-order valence-electron chi connectivity index (χ0n) is 12.1. The molecule has 0 aliphatic heterocycles. The molecule has 1 N–H and O–H groups in total. The van der Waals surface area contributed by atoms with Crippen LogP contribution in [0.15, 0.2) is 42.5 Å². The highest BCUT2D eigenvalue weighted by molar-refractivity contribution is 5.35. The molecule has 0 radical (unpaired) electrons. The van der Waals surface area contributed by atoms with Gasteiger partial charge in [-0.2, -0.15) is 0 Å². The van der Waals surface area contributed by atoms with Crippen molar-refractivity contribution >= 4 is 0 Å². The zero-order chi connectivity index (χ0) is 14.4. The Morgan fingerprint density at radius 2 is 1.85 bits per heavy atom. The summed E-state index contributed by atoms with van der Waals surface area (Å²) in [5.41, 5.74) is 0.957. The summed E-state index contributed by atoms with van der Waals surface area (Å²) in [7, 11) is 1.63. The number of benzene rings is 1. The predicted molar refractivity (Wildman–Crippen MR) is 79.3 cm³/mol. The van der Waals surface area contributed by atoms with Crippen molar-refractivity contribution in [3.8, 4) is 17.4 Å². The maximum atomic E-state index is 5.75. The van der Waals surface area contributed by atoms with E-state index < -0.39 is 0 Å². The Hall–Kier alpha value is -2.07. The minimum Gasteiger partial charge on any atom is -0.497 e. The van der Waals surface area contributed by atoms with Crippen LogP contribution in [-0.2, 0) is 6.54 Å². The molecule has 1 aromatic carbocycles. The number of nitrogens with zero attached hydrogens (tertiary/aromatic N) is 1. The van der Waals surface area contributed by atoms with Gasteiger partial charge in [0.05, 0.1) is 12.8 Å². The molecule has 0 amide bonds. The van der Waals surface area contributed by atoms with Gasteiger partial charge in [0.1, 0.15) is 11.5 Å². The fourth-order valence-electron chi connectivity index (χ4n) is 1.71. The summed E-state index contributed by atoms with van der Waals surface area (Å²) in [6, 6.07) is 13.7. The van der Waals surface area contributed by atoms with Crippen molar-refractivity contribution in [1.29, 1.82) is 0 Å². The van der Waals surface area contributed by atoms with Gasteiger partial charge in [-0.15, -0.1) is 0 Å². The number of ether oxygens (including phenoxy) is 2. The van der Waals surface area contributed by atoms with Crippen LogP contribution in [0.2, 0.25) is 0 Å². The van der Waals surface area contributed by atoms with Crippen molar-refractivity contribution in [2.24, 2.45) is 0 Å². The number of methoxy groups -OCH3 is 1. The third kappa shape index (κ3) is 4.24. The summed E-state index contributed by atoms with van der Waals surface area (Å²) in [5.74, 6) is 2.06. The third-order valence-electron chi connectivity index (χ3n) is 2.74. The molecule has 4 heteroatoms. The van der Waals surface area contributed by atoms with Gasteiger partial charge in [0.2, 0.25) is 5.88 Å². The van der Waals surface area contributed by atoms with E-state index in [2.05, 4.69) is 24.1 Å². The van der Waals surface area contributed by atoms with Gasteiger partial charge in [-0.1, -0.05) is 26.0 Å². The topological polar surface area (TPSA) is 43.4 Å². The Balaban J connectivity index is 2.06. The van der Waals surface area contributed by atoms with Crippen LogP contribution in [0.3, 0.4) is 0 Å². The Labute approximate surface area is 119 Å². The van der Waals surface area contributed by atoms with Crippen LogP contribution in [0.5, 0.6) is 17.4 Å². The molecule has 1 heterocycles. The first-order valence-electron chi connectivity index (χ1n) is 6.68. The fourth-order valence-corrected chi connectivity index (χ4v) is 1.71. The standard InChI is InChI=1S/C16H20N2O2/c1-12(2)17-11-13-6-4-9-16(18-13)20-15-8-5-7-14(10-15)19-3/h4-10,12,17H,11H2,1-3H3. The van der Waals surface area contributed by atoms with Gasteiger partial charge in [-0.25, -0.2) is 4.98 Å². The van der Waals surface area contributed by atoms with E-state index >= 15 is 0 Å². The number of rotatable bonds is 6. The van der Waals surface area contributed by atoms with Crippen LogP contribution in [0, 0.1) is 0 Å². The molecule has 106 valence electrons. The van der Waals surface area contributed by atoms with Crippen molar-refractivity contribution in [2.75, 3.05) is 7.11 Å². The highest BCUT2D eigenvalue weighted by atomic mass is 16.5. The number of aromatic nitrogens is 1. The molecule has 0 bridgehead atoms. The van der Waals surface area contributed by atoms with Gasteiger partial charge in [0, 0.05) is 24.7 Å². The van der Waals surface area contributed by atoms with Crippen LogP contribution in [0.25, 0.3) is 0 Å². The molecular weight excluding hydrogens is 252 g/mol. The second-order valence-electron chi connectivity index (χ2n) is 4.78. The van der Waals surface area contributed by atoms with Gasteiger partial charge in [0.25, 0.3) is 0 Å². The van der Waals surface area contributed by atoms with Crippen LogP contribution in [0.1, 0.15) is 19.5 Å². The maximum Gasteiger partial charge on any atom is 0.219 e. The van der Waals surface area contributed by atoms with Gasteiger partial charge in [-0.3, -0.25) is 0 Å². The van der Waals surface area contributed by atoms with E-state index in [9.17, 15) is 0 Å². The van der Waals surface area contributed by atoms with Gasteiger partial charge in [-0.05, 0) is 18.2 Å². The molecule has 4 nitrogen and oxygen atoms in total. The summed E-state index contributed by atoms with van der Waals surface area (Å²) in [6.07, 6.45) is 0. The lowest BCUT2D eigenvalue weighted by Crippen LogP contribution is -2.22. The molecule has 2 rings (SSSR count). The van der Waals surface area contributed by atoms with Gasteiger partial charge in [0.15, 0.2) is 0 Å². The molecule has 0 saturated heterocycles. The second kappa shape index (κ2) is 6.91. The number of nitrogens with one attached hydrogen (secondary N) is 1. The zero-order valence-corrected chi connectivity index (χ0v) is 12.1. The predicted octanol–water partition coefficient (Wildman–Crippen LogP) is 3.38. The molecule has 0 unspecified atom stereocenters. The Morgan fingerprint density at radius 3 is 2.60 bits per heavy atom. The van der Waals surface area contributed by atoms with Crippen molar-refractivity contribution < 1.29 is 9.47 Å². The van der Waals surface area contributed by atoms with Crippen molar-refractivity contribution in [1.82, 2.24) is 10.3 Å². The van der Waals surface area contributed by atoms with E-state index in [0.717, 1.165) is 18.0 Å². The summed E-state index contributed by atoms with van der Waals surface area (Å²) < 4.78 is 10.9. The van der Waals surface area contributed by atoms with Gasteiger partial charge >= 0.3 is 0 Å². The molecule has 20 heavy (non-hydrogen) atoms. The van der Waals surface area contributed by atoms with E-state index in [1.54, 1.807) is 7.11 Å². The highest BCUT2D eigenvalue weighted by Crippen LogP contribution is 2.23. The first-order valence-corrected chi connectivity index (χ1v) is 6.68. The van der Waals surface area contributed by atoms with Crippen molar-refractivity contribution in [3.63, 3.8) is 0 Å². The molecule has 0 atom stereocenters. The van der Waals surface area contributed by atoms with Crippen LogP contribution in [0.4, 0.5) is 0 Å². The molecule has 1 aromatic heterocycles. The Kier molecular flexibility index (Phi) is 4.96. The third-order valence-corrected chi connectivity index (χ3v) is 2.74. The van der Waals surface area contributed by atoms with Crippen LogP contribution in [-0.4, -0.2) is 18.1 Å². The Bertz CT molecular complexity index is 556. The van der Waals surface area contributed by atoms with E-state index in [1.807, 2.05) is 42.5 Å². The summed E-state index contributed by atoms with van der Waals surface area (Å²) in [4.78, 5) is 4.47. The average Bonchev–Trinajstić information content (AvgIpc) is 2.46. The van der Waals surface area contributed by atoms with Crippen LogP contribution >= 0.6 is 0 Å². The van der Waals surface area contributed by atoms with E-state index in [0.29, 0.717) is 17.7 Å². The van der Waals surface area contributed by atoms with E-state index in [1.165, 1.54) is 0 Å². The quantitative estimate of drug-likeness (QED) is 0.875. The smallest absolute Gasteiger partial charge is 0.219 e. The first-order chi connectivity index (χ1) is 9.67. The lowest BCUT2D eigenvalue weighted by molar-refractivity contribution is 0.407. The molecule has 2 aromatic rings. The SMILES string of the molecule is COc1cccc(Oc2cccc(CNC(C)C)n2)c1. The highest BCUT2D eigenvalue weighted by Gasteiger charge is 2.02. The lowest BCUT2D eigenvalue weighted by Gasteiger charge is -2.10. The summed E-state index contributed by atoms with van der Waals surface area (Å²) >= 11 is 0. The molecule has 0 fully saturated rings. The van der Waals surface area contributed by atoms with Crippen LogP contribution < -0.4 is 14.8 Å². The Morgan fingerprint density at radius 1 is 1.10 bits per heavy atom. The monoisotopic (exact) mass is 272 g/mol. The minimum absolute atomic E-state index is 0.430. The normalized spacial score (nSPS) is 10.6. The number of hydrogen-bond acceptors (Lipinski definition) is 4. The molecular formula is C16H20N2O2. The second-order valence-corrected chi connectivity index (χ2v) is 4.78. The maximum absolute atomic E-state index is 5.75. The van der Waals surface area contributed by atoms with Crippen molar-refractivity contribution in [3.05, 3.63) is 48.2 Å². The van der Waals surface area contributed by atoms with Gasteiger partial charge < -0.3 is 14.8 Å². The van der Waals surface area contributed by atoms with E-state index in [-0.39, 0.29) is 0 Å². The molecule has 0 saturated carbocycles. The summed E-state index contributed by atoms with van der Waals surface area (Å²) in [6.45, 7) is 4.94. The van der Waals surface area contributed by atoms with Crippen molar-refractivity contribution in [2.45, 2.75) is 26.4 Å². The largest absolute Gasteiger partial charge is 0.497 e. The molecule has 0 spiro atoms. The molecule has 0 aliphatic carbocycles. The van der Waals surface area contributed by atoms with E-state index in [4.69, 9.17) is 9.47 Å². The summed E-state index contributed by atoms with van der Waals surface area (Å²) in [5, 5.41) is 3.33. The first kappa shape index (κ1) is 14.3. The lowest BCUT2D eigenvalue weighted by atomic mass is 10.3. The minimum atomic E-state index is 0.430. The number of hydrogen-bond donors (Lipinski definition) is 1.